The predicted octanol–water partition coefficient (Wildman–Crippen LogP) is 3.12. The lowest BCUT2D eigenvalue weighted by atomic mass is 10.1. The van der Waals surface area contributed by atoms with Gasteiger partial charge >= 0.3 is 0 Å². The number of methoxy groups -OCH3 is 1. The summed E-state index contributed by atoms with van der Waals surface area (Å²) < 4.78 is 7.68. The number of aromatic nitrogens is 4. The smallest absolute Gasteiger partial charge is 0.228 e. The van der Waals surface area contributed by atoms with Crippen LogP contribution in [0.4, 0.5) is 11.8 Å². The van der Waals surface area contributed by atoms with E-state index in [1.165, 1.54) is 5.56 Å². The number of anilines is 2. The Balaban J connectivity index is 1.27. The van der Waals surface area contributed by atoms with Gasteiger partial charge in [0, 0.05) is 50.2 Å². The molecule has 1 aliphatic heterocycles. The molecule has 2 aliphatic rings. The zero-order chi connectivity index (χ0) is 26.0. The third-order valence-corrected chi connectivity index (χ3v) is 7.58. The number of carbonyl (C=O) groups is 1. The van der Waals surface area contributed by atoms with Crippen LogP contribution in [0.2, 0.25) is 0 Å². The highest BCUT2D eigenvalue weighted by atomic mass is 16.5. The van der Waals surface area contributed by atoms with Gasteiger partial charge in [-0.05, 0) is 30.9 Å². The van der Waals surface area contributed by atoms with Crippen LogP contribution in [0, 0.1) is 5.41 Å². The first-order valence-electron chi connectivity index (χ1n) is 13.3. The molecule has 3 N–H and O–H groups in total. The summed E-state index contributed by atoms with van der Waals surface area (Å²) in [5.41, 5.74) is 9.62. The van der Waals surface area contributed by atoms with Gasteiger partial charge in [0.25, 0.3) is 0 Å². The molecule has 10 nitrogen and oxygen atoms in total. The first-order chi connectivity index (χ1) is 17.9. The van der Waals surface area contributed by atoms with Crippen LogP contribution in [0.3, 0.4) is 0 Å². The van der Waals surface area contributed by atoms with Gasteiger partial charge in [-0.25, -0.2) is 4.98 Å². The molecule has 1 saturated heterocycles. The van der Waals surface area contributed by atoms with Crippen molar-refractivity contribution in [1.29, 1.82) is 0 Å². The van der Waals surface area contributed by atoms with E-state index >= 15 is 0 Å². The van der Waals surface area contributed by atoms with Crippen molar-refractivity contribution >= 4 is 28.7 Å². The number of nitrogens with one attached hydrogen (secondary N) is 1. The van der Waals surface area contributed by atoms with Gasteiger partial charge in [-0.2, -0.15) is 10.1 Å². The molecule has 3 aromatic rings. The van der Waals surface area contributed by atoms with Gasteiger partial charge < -0.3 is 20.7 Å². The second kappa shape index (κ2) is 10.5. The lowest BCUT2D eigenvalue weighted by molar-refractivity contribution is -0.138. The summed E-state index contributed by atoms with van der Waals surface area (Å²) in [6, 6.07) is 6.37. The number of carbonyl (C=O) groups excluding carboxylic acids is 1. The van der Waals surface area contributed by atoms with Crippen molar-refractivity contribution in [3.8, 4) is 5.75 Å². The number of benzene rings is 1. The largest absolute Gasteiger partial charge is 0.496 e. The Bertz CT molecular complexity index is 1260. The van der Waals surface area contributed by atoms with Crippen LogP contribution < -0.4 is 15.8 Å². The zero-order valence-corrected chi connectivity index (χ0v) is 22.2. The van der Waals surface area contributed by atoms with E-state index in [0.717, 1.165) is 87.3 Å². The first kappa shape index (κ1) is 25.3. The summed E-state index contributed by atoms with van der Waals surface area (Å²) in [6.45, 7) is 9.81. The van der Waals surface area contributed by atoms with Crippen LogP contribution in [0.15, 0.2) is 24.4 Å². The average molecular weight is 507 g/mol. The summed E-state index contributed by atoms with van der Waals surface area (Å²) in [5, 5.41) is 7.97. The molecule has 5 rings (SSSR count). The number of ether oxygens (including phenoxy) is 1. The highest BCUT2D eigenvalue weighted by molar-refractivity contribution is 5.86. The highest BCUT2D eigenvalue weighted by Gasteiger charge is 2.47. The molecule has 1 aliphatic carbocycles. The van der Waals surface area contributed by atoms with E-state index in [4.69, 9.17) is 10.5 Å². The summed E-state index contributed by atoms with van der Waals surface area (Å²) in [5.74, 6) is 2.10. The highest BCUT2D eigenvalue weighted by Crippen LogP contribution is 2.46. The molecule has 1 aromatic carbocycles. The minimum Gasteiger partial charge on any atom is -0.496 e. The molecular formula is C27H38N8O2. The Morgan fingerprint density at radius 2 is 1.95 bits per heavy atom. The van der Waals surface area contributed by atoms with Crippen molar-refractivity contribution in [3.63, 3.8) is 0 Å². The number of fused-ring (bicyclic) bond motifs is 1. The Morgan fingerprint density at radius 3 is 2.65 bits per heavy atom. The molecule has 0 atom stereocenters. The van der Waals surface area contributed by atoms with E-state index in [1.54, 1.807) is 13.3 Å². The lowest BCUT2D eigenvalue weighted by Crippen LogP contribution is -2.50. The number of nitrogen functional groups attached to an aromatic ring is 1. The van der Waals surface area contributed by atoms with Gasteiger partial charge in [-0.15, -0.1) is 0 Å². The van der Waals surface area contributed by atoms with Crippen LogP contribution >= 0.6 is 0 Å². The van der Waals surface area contributed by atoms with Crippen molar-refractivity contribution < 1.29 is 9.53 Å². The van der Waals surface area contributed by atoms with Gasteiger partial charge in [-0.3, -0.25) is 14.4 Å². The Morgan fingerprint density at radius 1 is 1.16 bits per heavy atom. The summed E-state index contributed by atoms with van der Waals surface area (Å²) in [6.07, 6.45) is 5.92. The van der Waals surface area contributed by atoms with Crippen molar-refractivity contribution in [2.75, 3.05) is 50.9 Å². The zero-order valence-electron chi connectivity index (χ0n) is 22.2. The molecule has 2 aromatic heterocycles. The van der Waals surface area contributed by atoms with Crippen LogP contribution in [0.25, 0.3) is 11.0 Å². The van der Waals surface area contributed by atoms with Crippen molar-refractivity contribution in [1.82, 2.24) is 29.5 Å². The van der Waals surface area contributed by atoms with Crippen LogP contribution in [0.5, 0.6) is 5.75 Å². The first-order valence-corrected chi connectivity index (χ1v) is 13.3. The maximum absolute atomic E-state index is 12.6. The van der Waals surface area contributed by atoms with Crippen molar-refractivity contribution in [2.45, 2.75) is 52.6 Å². The van der Waals surface area contributed by atoms with E-state index in [0.29, 0.717) is 18.3 Å². The fourth-order valence-corrected chi connectivity index (χ4v) is 4.97. The molecule has 0 bridgehead atoms. The van der Waals surface area contributed by atoms with E-state index in [1.807, 2.05) is 9.58 Å². The number of nitrogens with zero attached hydrogens (tertiary/aromatic N) is 6. The minimum absolute atomic E-state index is 0.0870. The second-order valence-electron chi connectivity index (χ2n) is 10.5. The minimum atomic E-state index is -0.0870. The summed E-state index contributed by atoms with van der Waals surface area (Å²) in [4.78, 5) is 25.9. The second-order valence-corrected chi connectivity index (χ2v) is 10.5. The number of amides is 1. The Kier molecular flexibility index (Phi) is 7.19. The topological polar surface area (TPSA) is 114 Å². The number of nitrogens with two attached hydrogens (primary N) is 1. The van der Waals surface area contributed by atoms with E-state index < -0.39 is 0 Å². The van der Waals surface area contributed by atoms with Gasteiger partial charge in [0.2, 0.25) is 11.9 Å². The lowest BCUT2D eigenvalue weighted by Gasteiger charge is -2.36. The summed E-state index contributed by atoms with van der Waals surface area (Å²) >= 11 is 0. The number of hydrogen-bond acceptors (Lipinski definition) is 8. The quantitative estimate of drug-likeness (QED) is 0.403. The van der Waals surface area contributed by atoms with Crippen molar-refractivity contribution in [3.05, 3.63) is 35.5 Å². The molecule has 0 unspecified atom stereocenters. The standard InChI is InChI=1S/C27H38N8O2/c1-4-5-10-29-24-23-21(31-26(28)32-24)16-30-35(23)18-20-7-6-19(15-22(20)37-3)17-33-11-13-34(14-12-33)25(36)27(2)8-9-27/h6-7,15-16H,4-5,8-14,17-18H2,1-3H3,(H3,28,29,31,32). The van der Waals surface area contributed by atoms with Crippen LogP contribution in [-0.4, -0.2) is 75.3 Å². The third-order valence-electron chi connectivity index (χ3n) is 7.58. The fourth-order valence-electron chi connectivity index (χ4n) is 4.97. The van der Waals surface area contributed by atoms with Gasteiger partial charge in [-0.1, -0.05) is 32.4 Å². The number of hydrogen-bond donors (Lipinski definition) is 2. The van der Waals surface area contributed by atoms with E-state index in [-0.39, 0.29) is 11.4 Å². The van der Waals surface area contributed by atoms with Crippen molar-refractivity contribution in [2.24, 2.45) is 5.41 Å². The third kappa shape index (κ3) is 5.49. The van der Waals surface area contributed by atoms with Crippen LogP contribution in [-0.2, 0) is 17.9 Å². The monoisotopic (exact) mass is 506 g/mol. The van der Waals surface area contributed by atoms with Gasteiger partial charge in [0.1, 0.15) is 16.8 Å². The molecule has 37 heavy (non-hydrogen) atoms. The molecule has 1 saturated carbocycles. The normalized spacial score (nSPS) is 17.2. The molecule has 0 radical (unpaired) electrons. The maximum atomic E-state index is 12.6. The SMILES string of the molecule is CCCCNc1nc(N)nc2cnn(Cc3ccc(CN4CCN(C(=O)C5(C)CC5)CC4)cc3OC)c12. The Hall–Kier alpha value is -3.40. The van der Waals surface area contributed by atoms with Gasteiger partial charge in [0.05, 0.1) is 19.9 Å². The number of unbranched alkanes of at least 4 members (excludes halogenated alkanes) is 1. The molecule has 3 heterocycles. The predicted molar refractivity (Wildman–Crippen MR) is 144 cm³/mol. The van der Waals surface area contributed by atoms with E-state index in [2.05, 4.69) is 57.3 Å². The van der Waals surface area contributed by atoms with Crippen LogP contribution in [0.1, 0.15) is 50.7 Å². The molecule has 10 heteroatoms. The molecule has 2 fully saturated rings. The van der Waals surface area contributed by atoms with E-state index in [9.17, 15) is 4.79 Å². The molecular weight excluding hydrogens is 468 g/mol. The molecule has 0 spiro atoms. The number of piperazine rings is 1. The average Bonchev–Trinajstić information content (AvgIpc) is 3.53. The van der Waals surface area contributed by atoms with Gasteiger partial charge in [0.15, 0.2) is 5.82 Å². The maximum Gasteiger partial charge on any atom is 0.228 e. The fraction of sp³-hybridized carbons (Fsp3) is 0.556. The number of rotatable bonds is 10. The Labute approximate surface area is 218 Å². The molecule has 198 valence electrons. The summed E-state index contributed by atoms with van der Waals surface area (Å²) in [7, 11) is 1.70. The molecule has 1 amide bonds.